The van der Waals surface area contributed by atoms with Gasteiger partial charge in [-0.3, -0.25) is 0 Å². The van der Waals surface area contributed by atoms with Crippen LogP contribution in [-0.2, 0) is 6.61 Å². The van der Waals surface area contributed by atoms with Crippen LogP contribution in [0.2, 0.25) is 0 Å². The Kier molecular flexibility index (Phi) is 3.79. The highest BCUT2D eigenvalue weighted by Gasteiger charge is 1.99. The lowest BCUT2D eigenvalue weighted by molar-refractivity contribution is 0.306. The second-order valence-corrected chi connectivity index (χ2v) is 4.31. The summed E-state index contributed by atoms with van der Waals surface area (Å²) >= 11 is 0. The Bertz CT molecular complexity index is 520. The molecule has 0 fully saturated rings. The first-order valence-electron chi connectivity index (χ1n) is 5.80. The highest BCUT2D eigenvalue weighted by molar-refractivity contribution is 5.36. The molecule has 1 aromatic heterocycles. The van der Waals surface area contributed by atoms with Crippen molar-refractivity contribution in [3.8, 4) is 5.75 Å². The molecule has 2 aromatic rings. The highest BCUT2D eigenvalue weighted by atomic mass is 16.5. The van der Waals surface area contributed by atoms with Gasteiger partial charge in [-0.15, -0.1) is 0 Å². The maximum absolute atomic E-state index is 5.76. The molecule has 1 aromatic carbocycles. The third-order valence-corrected chi connectivity index (χ3v) is 2.57. The zero-order valence-electron chi connectivity index (χ0n) is 10.6. The van der Waals surface area contributed by atoms with E-state index < -0.39 is 0 Å². The number of nitrogens with zero attached hydrogens (tertiary/aromatic N) is 1. The van der Waals surface area contributed by atoms with Gasteiger partial charge in [-0.25, -0.2) is 10.8 Å². The largest absolute Gasteiger partial charge is 0.489 e. The van der Waals surface area contributed by atoms with Gasteiger partial charge in [0.05, 0.1) is 0 Å². The molecule has 0 bridgehead atoms. The first kappa shape index (κ1) is 12.4. The van der Waals surface area contributed by atoms with Gasteiger partial charge in [0.2, 0.25) is 0 Å². The number of nitrogens with two attached hydrogens (primary N) is 1. The summed E-state index contributed by atoms with van der Waals surface area (Å²) in [6.07, 6.45) is 1.70. The van der Waals surface area contributed by atoms with Crippen molar-refractivity contribution in [3.63, 3.8) is 0 Å². The average Bonchev–Trinajstić information content (AvgIpc) is 2.35. The van der Waals surface area contributed by atoms with Gasteiger partial charge < -0.3 is 10.2 Å². The fourth-order valence-electron chi connectivity index (χ4n) is 1.83. The lowest BCUT2D eigenvalue weighted by Gasteiger charge is -2.09. The quantitative estimate of drug-likeness (QED) is 0.640. The molecule has 2 rings (SSSR count). The van der Waals surface area contributed by atoms with Crippen LogP contribution in [0.3, 0.4) is 0 Å². The molecule has 0 radical (unpaired) electrons. The van der Waals surface area contributed by atoms with Gasteiger partial charge >= 0.3 is 0 Å². The zero-order chi connectivity index (χ0) is 13.0. The van der Waals surface area contributed by atoms with Crippen molar-refractivity contribution >= 4 is 5.82 Å². The van der Waals surface area contributed by atoms with E-state index in [-0.39, 0.29) is 0 Å². The number of hydrogen-bond acceptors (Lipinski definition) is 4. The lowest BCUT2D eigenvalue weighted by atomic mass is 10.1. The van der Waals surface area contributed by atoms with E-state index in [1.54, 1.807) is 6.20 Å². The summed E-state index contributed by atoms with van der Waals surface area (Å²) in [7, 11) is 0. The van der Waals surface area contributed by atoms with Crippen LogP contribution in [0, 0.1) is 13.8 Å². The Morgan fingerprint density at radius 3 is 2.56 bits per heavy atom. The van der Waals surface area contributed by atoms with Gasteiger partial charge in [-0.05, 0) is 54.8 Å². The van der Waals surface area contributed by atoms with Crippen molar-refractivity contribution in [2.24, 2.45) is 5.84 Å². The summed E-state index contributed by atoms with van der Waals surface area (Å²) in [5.41, 5.74) is 5.94. The Morgan fingerprint density at radius 2 is 1.89 bits per heavy atom. The third kappa shape index (κ3) is 3.21. The number of ether oxygens (including phenoxy) is 1. The number of anilines is 1. The minimum Gasteiger partial charge on any atom is -0.489 e. The zero-order valence-corrected chi connectivity index (χ0v) is 10.6. The van der Waals surface area contributed by atoms with E-state index in [0.717, 1.165) is 11.3 Å². The van der Waals surface area contributed by atoms with Gasteiger partial charge in [0.15, 0.2) is 0 Å². The van der Waals surface area contributed by atoms with E-state index in [1.807, 2.05) is 24.3 Å². The molecule has 18 heavy (non-hydrogen) atoms. The first-order chi connectivity index (χ1) is 8.67. The van der Waals surface area contributed by atoms with Crippen LogP contribution in [0.15, 0.2) is 36.5 Å². The number of pyridine rings is 1. The molecule has 0 atom stereocenters. The van der Waals surface area contributed by atoms with Crippen LogP contribution < -0.4 is 16.0 Å². The van der Waals surface area contributed by atoms with Crippen molar-refractivity contribution in [2.75, 3.05) is 5.43 Å². The summed E-state index contributed by atoms with van der Waals surface area (Å²) in [5, 5.41) is 0. The number of rotatable bonds is 4. The predicted molar refractivity (Wildman–Crippen MR) is 72.3 cm³/mol. The molecule has 0 aliphatic carbocycles. The van der Waals surface area contributed by atoms with Gasteiger partial charge in [-0.2, -0.15) is 0 Å². The van der Waals surface area contributed by atoms with E-state index in [1.165, 1.54) is 11.1 Å². The van der Waals surface area contributed by atoms with E-state index >= 15 is 0 Å². The normalized spacial score (nSPS) is 10.2. The van der Waals surface area contributed by atoms with Crippen LogP contribution in [0.1, 0.15) is 16.7 Å². The summed E-state index contributed by atoms with van der Waals surface area (Å²) in [5.74, 6) is 6.83. The van der Waals surface area contributed by atoms with Gasteiger partial charge in [-0.1, -0.05) is 6.07 Å². The van der Waals surface area contributed by atoms with Crippen LogP contribution in [0.5, 0.6) is 5.75 Å². The SMILES string of the molecule is Cc1cc(C)cc(OCc2ccnc(NN)c2)c1. The summed E-state index contributed by atoms with van der Waals surface area (Å²) in [4.78, 5) is 4.05. The Labute approximate surface area is 107 Å². The second kappa shape index (κ2) is 5.51. The fourth-order valence-corrected chi connectivity index (χ4v) is 1.83. The minimum atomic E-state index is 0.500. The smallest absolute Gasteiger partial charge is 0.140 e. The van der Waals surface area contributed by atoms with Crippen molar-refractivity contribution in [3.05, 3.63) is 53.2 Å². The standard InChI is InChI=1S/C14H17N3O/c1-10-5-11(2)7-13(6-10)18-9-12-3-4-16-14(8-12)17-15/h3-8H,9,15H2,1-2H3,(H,16,17). The Morgan fingerprint density at radius 1 is 1.17 bits per heavy atom. The maximum atomic E-state index is 5.76. The molecule has 4 heteroatoms. The van der Waals surface area contributed by atoms with Crippen LogP contribution >= 0.6 is 0 Å². The average molecular weight is 243 g/mol. The van der Waals surface area contributed by atoms with E-state index in [2.05, 4.69) is 30.3 Å². The number of hydrazine groups is 1. The predicted octanol–water partition coefficient (Wildman–Crippen LogP) is 2.56. The molecule has 94 valence electrons. The summed E-state index contributed by atoms with van der Waals surface area (Å²) in [6.45, 7) is 4.62. The number of aryl methyl sites for hydroxylation is 2. The monoisotopic (exact) mass is 243 g/mol. The second-order valence-electron chi connectivity index (χ2n) is 4.31. The van der Waals surface area contributed by atoms with E-state index in [4.69, 9.17) is 10.6 Å². The van der Waals surface area contributed by atoms with Crippen LogP contribution in [0.25, 0.3) is 0 Å². The van der Waals surface area contributed by atoms with Crippen LogP contribution in [-0.4, -0.2) is 4.98 Å². The molecule has 1 heterocycles. The molecule has 0 aliphatic rings. The molecule has 0 unspecified atom stereocenters. The van der Waals surface area contributed by atoms with Gasteiger partial charge in [0.1, 0.15) is 18.2 Å². The van der Waals surface area contributed by atoms with E-state index in [0.29, 0.717) is 12.4 Å². The number of nitrogens with one attached hydrogen (secondary N) is 1. The molecule has 3 N–H and O–H groups in total. The topological polar surface area (TPSA) is 60.2 Å². The fraction of sp³-hybridized carbons (Fsp3) is 0.214. The summed E-state index contributed by atoms with van der Waals surface area (Å²) in [6, 6.07) is 9.94. The highest BCUT2D eigenvalue weighted by Crippen LogP contribution is 2.18. The first-order valence-corrected chi connectivity index (χ1v) is 5.80. The maximum Gasteiger partial charge on any atom is 0.140 e. The van der Waals surface area contributed by atoms with Crippen molar-refractivity contribution in [2.45, 2.75) is 20.5 Å². The molecule has 0 saturated heterocycles. The molecule has 0 aliphatic heterocycles. The number of benzene rings is 1. The summed E-state index contributed by atoms with van der Waals surface area (Å²) < 4.78 is 5.76. The Balaban J connectivity index is 2.06. The molecular weight excluding hydrogens is 226 g/mol. The minimum absolute atomic E-state index is 0.500. The molecular formula is C14H17N3O. The van der Waals surface area contributed by atoms with Crippen molar-refractivity contribution < 1.29 is 4.74 Å². The van der Waals surface area contributed by atoms with Gasteiger partial charge in [0.25, 0.3) is 0 Å². The molecule has 0 spiro atoms. The number of hydrogen-bond donors (Lipinski definition) is 2. The molecule has 4 nitrogen and oxygen atoms in total. The number of nitrogen functional groups attached to an aromatic ring is 1. The van der Waals surface area contributed by atoms with Gasteiger partial charge in [0, 0.05) is 6.20 Å². The third-order valence-electron chi connectivity index (χ3n) is 2.57. The van der Waals surface area contributed by atoms with Crippen LogP contribution in [0.4, 0.5) is 5.82 Å². The molecule has 0 saturated carbocycles. The molecule has 0 amide bonds. The van der Waals surface area contributed by atoms with Crippen molar-refractivity contribution in [1.29, 1.82) is 0 Å². The van der Waals surface area contributed by atoms with E-state index in [9.17, 15) is 0 Å². The van der Waals surface area contributed by atoms with Crippen molar-refractivity contribution in [1.82, 2.24) is 4.98 Å². The Hall–Kier alpha value is -2.07. The number of aromatic nitrogens is 1. The lowest BCUT2D eigenvalue weighted by Crippen LogP contribution is -2.09.